The summed E-state index contributed by atoms with van der Waals surface area (Å²) in [6, 6.07) is 5.71. The van der Waals surface area contributed by atoms with Crippen molar-refractivity contribution in [3.05, 3.63) is 30.1 Å². The highest BCUT2D eigenvalue weighted by Gasteiger charge is 2.27. The van der Waals surface area contributed by atoms with Crippen LogP contribution in [-0.4, -0.2) is 33.3 Å². The van der Waals surface area contributed by atoms with E-state index in [-0.39, 0.29) is 5.91 Å². The largest absolute Gasteiger partial charge is 0.285 e. The zero-order valence-electron chi connectivity index (χ0n) is 9.09. The lowest BCUT2D eigenvalue weighted by Gasteiger charge is -2.14. The number of hydrogen-bond donors (Lipinski definition) is 0. The number of carbonyl (C=O) groups excluding carboxylic acids is 1. The number of amidine groups is 1. The summed E-state index contributed by atoms with van der Waals surface area (Å²) < 4.78 is 0. The number of hydrogen-bond acceptors (Lipinski definition) is 4. The molecule has 0 saturated carbocycles. The average Bonchev–Trinajstić information content (AvgIpc) is 2.64. The second kappa shape index (κ2) is 5.12. The molecule has 0 aromatic carbocycles. The number of pyridine rings is 1. The SMILES string of the molecule is CCN=C1SCC(=O)N1Cc1ccccn1. The summed E-state index contributed by atoms with van der Waals surface area (Å²) in [4.78, 5) is 21.9. The molecule has 1 aliphatic rings. The van der Waals surface area contributed by atoms with Crippen molar-refractivity contribution in [2.45, 2.75) is 13.5 Å². The Balaban J connectivity index is 2.13. The van der Waals surface area contributed by atoms with Crippen LogP contribution in [0.1, 0.15) is 12.6 Å². The molecule has 2 rings (SSSR count). The van der Waals surface area contributed by atoms with E-state index in [1.165, 1.54) is 11.8 Å². The van der Waals surface area contributed by atoms with E-state index in [1.807, 2.05) is 25.1 Å². The van der Waals surface area contributed by atoms with Gasteiger partial charge in [0, 0.05) is 12.7 Å². The average molecular weight is 235 g/mol. The third-order valence-corrected chi connectivity index (χ3v) is 3.20. The predicted molar refractivity (Wildman–Crippen MR) is 65.2 cm³/mol. The summed E-state index contributed by atoms with van der Waals surface area (Å²) in [5, 5.41) is 0.818. The van der Waals surface area contributed by atoms with Gasteiger partial charge in [-0.05, 0) is 19.1 Å². The molecule has 16 heavy (non-hydrogen) atoms. The Morgan fingerprint density at radius 1 is 1.56 bits per heavy atom. The number of aliphatic imine (C=N–C) groups is 1. The molecule has 1 aliphatic heterocycles. The van der Waals surface area contributed by atoms with Crippen molar-refractivity contribution >= 4 is 22.8 Å². The Hall–Kier alpha value is -1.36. The van der Waals surface area contributed by atoms with Crippen molar-refractivity contribution < 1.29 is 4.79 Å². The molecule has 0 radical (unpaired) electrons. The first-order chi connectivity index (χ1) is 7.81. The first-order valence-corrected chi connectivity index (χ1v) is 6.17. The van der Waals surface area contributed by atoms with Crippen molar-refractivity contribution in [1.29, 1.82) is 0 Å². The van der Waals surface area contributed by atoms with Crippen molar-refractivity contribution in [1.82, 2.24) is 9.88 Å². The van der Waals surface area contributed by atoms with Crippen LogP contribution in [0.2, 0.25) is 0 Å². The van der Waals surface area contributed by atoms with Gasteiger partial charge >= 0.3 is 0 Å². The van der Waals surface area contributed by atoms with Crippen molar-refractivity contribution in [2.75, 3.05) is 12.3 Å². The lowest BCUT2D eigenvalue weighted by Crippen LogP contribution is -2.29. The molecule has 0 N–H and O–H groups in total. The minimum absolute atomic E-state index is 0.114. The molecule has 0 aliphatic carbocycles. The highest BCUT2D eigenvalue weighted by atomic mass is 32.2. The van der Waals surface area contributed by atoms with E-state index in [1.54, 1.807) is 11.1 Å². The van der Waals surface area contributed by atoms with Gasteiger partial charge in [0.2, 0.25) is 5.91 Å². The first kappa shape index (κ1) is 11.1. The standard InChI is InChI=1S/C11H13N3OS/c1-2-12-11-14(10(15)8-16-11)7-9-5-3-4-6-13-9/h3-6H,2,7-8H2,1H3. The minimum Gasteiger partial charge on any atom is -0.285 e. The quantitative estimate of drug-likeness (QED) is 0.798. The van der Waals surface area contributed by atoms with Gasteiger partial charge in [-0.25, -0.2) is 0 Å². The second-order valence-corrected chi connectivity index (χ2v) is 4.29. The van der Waals surface area contributed by atoms with Gasteiger partial charge in [-0.1, -0.05) is 17.8 Å². The van der Waals surface area contributed by atoms with Crippen LogP contribution in [-0.2, 0) is 11.3 Å². The van der Waals surface area contributed by atoms with Gasteiger partial charge in [0.15, 0.2) is 5.17 Å². The highest BCUT2D eigenvalue weighted by molar-refractivity contribution is 8.15. The van der Waals surface area contributed by atoms with E-state index < -0.39 is 0 Å². The van der Waals surface area contributed by atoms with Crippen LogP contribution < -0.4 is 0 Å². The zero-order valence-corrected chi connectivity index (χ0v) is 9.91. The Morgan fingerprint density at radius 3 is 3.12 bits per heavy atom. The maximum absolute atomic E-state index is 11.7. The lowest BCUT2D eigenvalue weighted by molar-refractivity contribution is -0.124. The summed E-state index contributed by atoms with van der Waals surface area (Å²) in [7, 11) is 0. The van der Waals surface area contributed by atoms with Crippen LogP contribution >= 0.6 is 11.8 Å². The molecule has 1 amide bonds. The van der Waals surface area contributed by atoms with E-state index in [9.17, 15) is 4.79 Å². The third-order valence-electron chi connectivity index (χ3n) is 2.20. The molecule has 1 fully saturated rings. The fraction of sp³-hybridized carbons (Fsp3) is 0.364. The topological polar surface area (TPSA) is 45.6 Å². The molecule has 84 valence electrons. The number of carbonyl (C=O) groups is 1. The zero-order chi connectivity index (χ0) is 11.4. The Kier molecular flexibility index (Phi) is 3.56. The second-order valence-electron chi connectivity index (χ2n) is 3.35. The first-order valence-electron chi connectivity index (χ1n) is 5.18. The van der Waals surface area contributed by atoms with Crippen LogP contribution in [0, 0.1) is 0 Å². The Labute approximate surface area is 98.8 Å². The Morgan fingerprint density at radius 2 is 2.44 bits per heavy atom. The molecule has 1 saturated heterocycles. The van der Waals surface area contributed by atoms with E-state index in [0.29, 0.717) is 18.8 Å². The monoisotopic (exact) mass is 235 g/mol. The number of rotatable bonds is 3. The van der Waals surface area contributed by atoms with Crippen molar-refractivity contribution in [3.8, 4) is 0 Å². The van der Waals surface area contributed by atoms with Crippen LogP contribution in [0.4, 0.5) is 0 Å². The number of amides is 1. The van der Waals surface area contributed by atoms with Crippen molar-refractivity contribution in [2.24, 2.45) is 4.99 Å². The van der Waals surface area contributed by atoms with Crippen LogP contribution in [0.25, 0.3) is 0 Å². The van der Waals surface area contributed by atoms with E-state index in [0.717, 1.165) is 10.9 Å². The third kappa shape index (κ3) is 2.41. The van der Waals surface area contributed by atoms with E-state index in [4.69, 9.17) is 0 Å². The molecule has 5 heteroatoms. The van der Waals surface area contributed by atoms with Gasteiger partial charge in [-0.15, -0.1) is 0 Å². The summed E-state index contributed by atoms with van der Waals surface area (Å²) in [5.41, 5.74) is 0.891. The number of nitrogens with zero attached hydrogens (tertiary/aromatic N) is 3. The summed E-state index contributed by atoms with van der Waals surface area (Å²) in [5.74, 6) is 0.605. The van der Waals surface area contributed by atoms with Crippen molar-refractivity contribution in [3.63, 3.8) is 0 Å². The molecular weight excluding hydrogens is 222 g/mol. The van der Waals surface area contributed by atoms with Crippen LogP contribution in [0.5, 0.6) is 0 Å². The van der Waals surface area contributed by atoms with Gasteiger partial charge in [0.25, 0.3) is 0 Å². The lowest BCUT2D eigenvalue weighted by atomic mass is 10.3. The summed E-state index contributed by atoms with van der Waals surface area (Å²) >= 11 is 1.50. The maximum atomic E-state index is 11.7. The molecule has 4 nitrogen and oxygen atoms in total. The van der Waals surface area contributed by atoms with Gasteiger partial charge in [0.1, 0.15) is 0 Å². The highest BCUT2D eigenvalue weighted by Crippen LogP contribution is 2.21. The van der Waals surface area contributed by atoms with Gasteiger partial charge in [-0.3, -0.25) is 19.7 Å². The Bertz CT molecular complexity index is 405. The van der Waals surface area contributed by atoms with E-state index in [2.05, 4.69) is 9.98 Å². The fourth-order valence-corrected chi connectivity index (χ4v) is 2.42. The minimum atomic E-state index is 0.114. The fourth-order valence-electron chi connectivity index (χ4n) is 1.46. The molecule has 0 bridgehead atoms. The van der Waals surface area contributed by atoms with Crippen LogP contribution in [0.3, 0.4) is 0 Å². The molecule has 0 unspecified atom stereocenters. The van der Waals surface area contributed by atoms with Gasteiger partial charge < -0.3 is 0 Å². The molecule has 0 atom stereocenters. The van der Waals surface area contributed by atoms with Gasteiger partial charge in [-0.2, -0.15) is 0 Å². The maximum Gasteiger partial charge on any atom is 0.239 e. The molecule has 2 heterocycles. The normalized spacial score (nSPS) is 18.4. The molecular formula is C11H13N3OS. The van der Waals surface area contributed by atoms with Crippen LogP contribution in [0.15, 0.2) is 29.4 Å². The molecule has 0 spiro atoms. The smallest absolute Gasteiger partial charge is 0.239 e. The number of thioether (sulfide) groups is 1. The van der Waals surface area contributed by atoms with Gasteiger partial charge in [0.05, 0.1) is 18.0 Å². The molecule has 1 aromatic heterocycles. The summed E-state index contributed by atoms with van der Waals surface area (Å²) in [6.45, 7) is 3.19. The molecule has 1 aromatic rings. The predicted octanol–water partition coefficient (Wildman–Crippen LogP) is 1.53. The number of aromatic nitrogens is 1. The van der Waals surface area contributed by atoms with E-state index >= 15 is 0 Å². The summed E-state index contributed by atoms with van der Waals surface area (Å²) in [6.07, 6.45) is 1.74.